The molecule has 0 atom stereocenters. The highest BCUT2D eigenvalue weighted by molar-refractivity contribution is 14.1. The normalized spacial score (nSPS) is 10.0. The number of hydrogen-bond acceptors (Lipinski definition) is 2. The minimum atomic E-state index is 0.733. The summed E-state index contributed by atoms with van der Waals surface area (Å²) in [5.41, 5.74) is 0.733. The van der Waals surface area contributed by atoms with Gasteiger partial charge in [0.15, 0.2) is 0 Å². The van der Waals surface area contributed by atoms with Crippen LogP contribution >= 0.6 is 33.9 Å². The molecule has 1 aromatic heterocycles. The Hall–Kier alpha value is -0.600. The number of fused-ring (bicyclic) bond motifs is 1. The fourth-order valence-corrected chi connectivity index (χ4v) is 2.90. The second-order valence-electron chi connectivity index (χ2n) is 2.41. The fraction of sp³-hybridized carbons (Fsp3) is 0. The van der Waals surface area contributed by atoms with E-state index in [1.165, 1.54) is 13.0 Å². The minimum Gasteiger partial charge on any atom is -0.192 e. The molecule has 0 saturated heterocycles. The maximum atomic E-state index is 8.66. The van der Waals surface area contributed by atoms with Crippen molar-refractivity contribution in [3.8, 4) is 6.07 Å². The lowest BCUT2D eigenvalue weighted by molar-refractivity contribution is 1.50. The number of benzene rings is 1. The molecule has 0 saturated carbocycles. The number of hydrogen-bond donors (Lipinski definition) is 0. The van der Waals surface area contributed by atoms with Crippen LogP contribution in [0.25, 0.3) is 10.1 Å². The lowest BCUT2D eigenvalue weighted by atomic mass is 10.2. The van der Waals surface area contributed by atoms with E-state index in [1.807, 2.05) is 18.2 Å². The van der Waals surface area contributed by atoms with Crippen molar-refractivity contribution < 1.29 is 0 Å². The van der Waals surface area contributed by atoms with Gasteiger partial charge < -0.3 is 0 Å². The third-order valence-electron chi connectivity index (χ3n) is 1.62. The zero-order valence-corrected chi connectivity index (χ0v) is 9.02. The van der Waals surface area contributed by atoms with Crippen molar-refractivity contribution in [3.63, 3.8) is 0 Å². The molecule has 2 rings (SSSR count). The van der Waals surface area contributed by atoms with Gasteiger partial charge in [-0.15, -0.1) is 11.3 Å². The van der Waals surface area contributed by atoms with Crippen LogP contribution in [0.15, 0.2) is 24.3 Å². The summed E-state index contributed by atoms with van der Waals surface area (Å²) in [5, 5.41) is 9.83. The minimum absolute atomic E-state index is 0.733. The number of thiophene rings is 1. The summed E-state index contributed by atoms with van der Waals surface area (Å²) in [4.78, 5) is 0. The Kier molecular flexibility index (Phi) is 2.03. The predicted octanol–water partition coefficient (Wildman–Crippen LogP) is 3.38. The van der Waals surface area contributed by atoms with E-state index in [0.717, 1.165) is 5.56 Å². The molecule has 0 aliphatic rings. The van der Waals surface area contributed by atoms with Crippen molar-refractivity contribution in [2.75, 3.05) is 0 Å². The third kappa shape index (κ3) is 1.32. The van der Waals surface area contributed by atoms with Crippen LogP contribution in [0.2, 0.25) is 0 Å². The van der Waals surface area contributed by atoms with E-state index in [2.05, 4.69) is 34.7 Å². The highest BCUT2D eigenvalue weighted by Gasteiger charge is 1.99. The Labute approximate surface area is 87.8 Å². The van der Waals surface area contributed by atoms with Crippen molar-refractivity contribution >= 4 is 44.0 Å². The Morgan fingerprint density at radius 3 is 2.92 bits per heavy atom. The maximum absolute atomic E-state index is 8.66. The zero-order valence-electron chi connectivity index (χ0n) is 6.04. The van der Waals surface area contributed by atoms with Crippen molar-refractivity contribution in [2.24, 2.45) is 0 Å². The van der Waals surface area contributed by atoms with Crippen molar-refractivity contribution in [3.05, 3.63) is 32.7 Å². The number of nitriles is 1. The van der Waals surface area contributed by atoms with Gasteiger partial charge in [0.05, 0.1) is 14.5 Å². The van der Waals surface area contributed by atoms with E-state index in [4.69, 9.17) is 5.26 Å². The van der Waals surface area contributed by atoms with Gasteiger partial charge in [0.1, 0.15) is 0 Å². The molecule has 1 heterocycles. The van der Waals surface area contributed by atoms with Crippen LogP contribution in [0, 0.1) is 14.2 Å². The smallest absolute Gasteiger partial charge is 0.0991 e. The van der Waals surface area contributed by atoms with Gasteiger partial charge in [-0.25, -0.2) is 0 Å². The van der Waals surface area contributed by atoms with Crippen LogP contribution in [0.1, 0.15) is 5.56 Å². The van der Waals surface area contributed by atoms with E-state index in [9.17, 15) is 0 Å². The molecule has 58 valence electrons. The summed E-state index contributed by atoms with van der Waals surface area (Å²) >= 11 is 4.04. The molecule has 0 amide bonds. The van der Waals surface area contributed by atoms with Crippen molar-refractivity contribution in [1.82, 2.24) is 0 Å². The van der Waals surface area contributed by atoms with E-state index in [1.54, 1.807) is 11.3 Å². The topological polar surface area (TPSA) is 23.8 Å². The molecule has 0 aliphatic carbocycles. The summed E-state index contributed by atoms with van der Waals surface area (Å²) in [6.07, 6.45) is 0. The van der Waals surface area contributed by atoms with Gasteiger partial charge in [0.2, 0.25) is 0 Å². The largest absolute Gasteiger partial charge is 0.192 e. The SMILES string of the molecule is N#Cc1ccc2sc(I)cc2c1. The second kappa shape index (κ2) is 3.04. The van der Waals surface area contributed by atoms with Crippen LogP contribution in [-0.4, -0.2) is 0 Å². The van der Waals surface area contributed by atoms with Gasteiger partial charge in [0, 0.05) is 4.70 Å². The summed E-state index contributed by atoms with van der Waals surface area (Å²) < 4.78 is 2.51. The van der Waals surface area contributed by atoms with Crippen LogP contribution in [0.5, 0.6) is 0 Å². The summed E-state index contributed by atoms with van der Waals surface area (Å²) in [7, 11) is 0. The third-order valence-corrected chi connectivity index (χ3v) is 3.49. The Morgan fingerprint density at radius 1 is 1.33 bits per heavy atom. The molecule has 0 aliphatic heterocycles. The van der Waals surface area contributed by atoms with E-state index in [-0.39, 0.29) is 0 Å². The second-order valence-corrected chi connectivity index (χ2v) is 5.39. The van der Waals surface area contributed by atoms with Crippen LogP contribution < -0.4 is 0 Å². The molecule has 0 N–H and O–H groups in total. The van der Waals surface area contributed by atoms with E-state index in [0.29, 0.717) is 0 Å². The first-order valence-electron chi connectivity index (χ1n) is 3.39. The fourth-order valence-electron chi connectivity index (χ4n) is 1.08. The molecular formula is C9H4INS. The molecule has 0 unspecified atom stereocenters. The summed E-state index contributed by atoms with van der Waals surface area (Å²) in [6, 6.07) is 10.0. The molecule has 0 radical (unpaired) electrons. The maximum Gasteiger partial charge on any atom is 0.0991 e. The molecule has 1 aromatic carbocycles. The Balaban J connectivity index is 2.77. The van der Waals surface area contributed by atoms with Gasteiger partial charge in [-0.05, 0) is 52.2 Å². The number of nitrogens with zero attached hydrogens (tertiary/aromatic N) is 1. The Morgan fingerprint density at radius 2 is 2.17 bits per heavy atom. The Bertz CT molecular complexity index is 467. The highest BCUT2D eigenvalue weighted by atomic mass is 127. The lowest BCUT2D eigenvalue weighted by Gasteiger charge is -1.87. The van der Waals surface area contributed by atoms with Gasteiger partial charge in [-0.2, -0.15) is 5.26 Å². The molecule has 3 heteroatoms. The number of halogens is 1. The van der Waals surface area contributed by atoms with Crippen molar-refractivity contribution in [2.45, 2.75) is 0 Å². The average molecular weight is 285 g/mol. The zero-order chi connectivity index (χ0) is 8.55. The predicted molar refractivity (Wildman–Crippen MR) is 59.3 cm³/mol. The highest BCUT2D eigenvalue weighted by Crippen LogP contribution is 2.27. The molecule has 2 aromatic rings. The van der Waals surface area contributed by atoms with Gasteiger partial charge in [-0.3, -0.25) is 0 Å². The first kappa shape index (κ1) is 8.02. The van der Waals surface area contributed by atoms with Gasteiger partial charge >= 0.3 is 0 Å². The number of rotatable bonds is 0. The first-order chi connectivity index (χ1) is 5.79. The average Bonchev–Trinajstić information content (AvgIpc) is 2.43. The quantitative estimate of drug-likeness (QED) is 0.681. The molecular weight excluding hydrogens is 281 g/mol. The monoisotopic (exact) mass is 285 g/mol. The molecule has 0 bridgehead atoms. The van der Waals surface area contributed by atoms with Crippen molar-refractivity contribution in [1.29, 1.82) is 5.26 Å². The molecule has 12 heavy (non-hydrogen) atoms. The van der Waals surface area contributed by atoms with Gasteiger partial charge in [-0.1, -0.05) is 0 Å². The van der Waals surface area contributed by atoms with Crippen LogP contribution in [0.4, 0.5) is 0 Å². The standard InChI is InChI=1S/C9H4INS/c10-9-4-7-3-6(5-11)1-2-8(7)12-9/h1-4H. The first-order valence-corrected chi connectivity index (χ1v) is 5.28. The molecule has 0 spiro atoms. The van der Waals surface area contributed by atoms with Crippen LogP contribution in [-0.2, 0) is 0 Å². The van der Waals surface area contributed by atoms with Crippen LogP contribution in [0.3, 0.4) is 0 Å². The summed E-state index contributed by atoms with van der Waals surface area (Å²) in [5.74, 6) is 0. The summed E-state index contributed by atoms with van der Waals surface area (Å²) in [6.45, 7) is 0. The lowest BCUT2D eigenvalue weighted by Crippen LogP contribution is -1.69. The van der Waals surface area contributed by atoms with Gasteiger partial charge in [0.25, 0.3) is 0 Å². The molecule has 0 fully saturated rings. The van der Waals surface area contributed by atoms with E-state index >= 15 is 0 Å². The molecule has 1 nitrogen and oxygen atoms in total. The van der Waals surface area contributed by atoms with E-state index < -0.39 is 0 Å².